The van der Waals surface area contributed by atoms with Gasteiger partial charge in [0.1, 0.15) is 5.75 Å². The minimum atomic E-state index is 0.724. The minimum Gasteiger partial charge on any atom is -0.495 e. The third-order valence-corrected chi connectivity index (χ3v) is 3.84. The van der Waals surface area contributed by atoms with Gasteiger partial charge in [-0.15, -0.1) is 0 Å². The maximum atomic E-state index is 6.11. The van der Waals surface area contributed by atoms with E-state index in [0.717, 1.165) is 27.5 Å². The number of para-hydroxylation sites is 2. The molecule has 4 heteroatoms. The molecule has 2 rings (SSSR count). The van der Waals surface area contributed by atoms with Crippen molar-refractivity contribution in [2.24, 2.45) is 0 Å². The Morgan fingerprint density at radius 2 is 1.89 bits per heavy atom. The van der Waals surface area contributed by atoms with Crippen LogP contribution in [-0.2, 0) is 5.33 Å². The molecule has 0 bridgehead atoms. The molecule has 0 aromatic heterocycles. The van der Waals surface area contributed by atoms with Crippen LogP contribution in [0, 0.1) is 0 Å². The zero-order chi connectivity index (χ0) is 13.8. The molecule has 0 aliphatic carbocycles. The molecule has 2 aromatic rings. The highest BCUT2D eigenvalue weighted by atomic mass is 79.9. The number of anilines is 2. The Morgan fingerprint density at radius 1 is 1.16 bits per heavy atom. The molecule has 0 saturated carbocycles. The second-order valence-corrected chi connectivity index (χ2v) is 5.13. The molecular weight excluding hydrogens is 326 g/mol. The van der Waals surface area contributed by atoms with E-state index < -0.39 is 0 Å². The fraction of sp³-hybridized carbons (Fsp3) is 0.200. The first-order valence-corrected chi connectivity index (χ1v) is 7.38. The summed E-state index contributed by atoms with van der Waals surface area (Å²) in [6.45, 7) is 0. The third-order valence-electron chi connectivity index (χ3n) is 3.00. The maximum Gasteiger partial charge on any atom is 0.142 e. The molecule has 0 unspecified atom stereocenters. The summed E-state index contributed by atoms with van der Waals surface area (Å²) in [5.74, 6) is 0.838. The van der Waals surface area contributed by atoms with Gasteiger partial charge in [0.15, 0.2) is 0 Å². The molecular formula is C15H15BrClNO. The second kappa shape index (κ2) is 6.31. The molecule has 2 nitrogen and oxygen atoms in total. The molecule has 0 fully saturated rings. The first kappa shape index (κ1) is 14.2. The molecule has 0 N–H and O–H groups in total. The van der Waals surface area contributed by atoms with Crippen LogP contribution in [0.3, 0.4) is 0 Å². The predicted molar refractivity (Wildman–Crippen MR) is 85.1 cm³/mol. The lowest BCUT2D eigenvalue weighted by molar-refractivity contribution is 0.415. The molecule has 0 aliphatic heterocycles. The van der Waals surface area contributed by atoms with Crippen molar-refractivity contribution in [1.29, 1.82) is 0 Å². The van der Waals surface area contributed by atoms with E-state index in [0.29, 0.717) is 0 Å². The van der Waals surface area contributed by atoms with E-state index in [2.05, 4.69) is 20.8 Å². The summed E-state index contributed by atoms with van der Waals surface area (Å²) in [7, 11) is 3.69. The average Bonchev–Trinajstić information content (AvgIpc) is 2.46. The predicted octanol–water partition coefficient (Wildman–Crippen LogP) is 5.01. The summed E-state index contributed by atoms with van der Waals surface area (Å²) in [6.07, 6.45) is 0. The number of methoxy groups -OCH3 is 1. The van der Waals surface area contributed by atoms with Crippen molar-refractivity contribution < 1.29 is 4.74 Å². The number of alkyl halides is 1. The SMILES string of the molecule is COc1ccccc1N(C)c1cc(Cl)ccc1CBr. The van der Waals surface area contributed by atoms with E-state index in [1.54, 1.807) is 7.11 Å². The van der Waals surface area contributed by atoms with Crippen LogP contribution in [0.5, 0.6) is 5.75 Å². The monoisotopic (exact) mass is 339 g/mol. The van der Waals surface area contributed by atoms with Crippen molar-refractivity contribution in [1.82, 2.24) is 0 Å². The van der Waals surface area contributed by atoms with E-state index >= 15 is 0 Å². The molecule has 19 heavy (non-hydrogen) atoms. The summed E-state index contributed by atoms with van der Waals surface area (Å²) < 4.78 is 5.41. The molecule has 2 aromatic carbocycles. The van der Waals surface area contributed by atoms with Gasteiger partial charge in [-0.25, -0.2) is 0 Å². The van der Waals surface area contributed by atoms with Crippen LogP contribution in [0.1, 0.15) is 5.56 Å². The fourth-order valence-electron chi connectivity index (χ4n) is 2.00. The Balaban J connectivity index is 2.49. The van der Waals surface area contributed by atoms with Crippen molar-refractivity contribution in [3.8, 4) is 5.75 Å². The summed E-state index contributed by atoms with van der Waals surface area (Å²) in [6, 6.07) is 13.8. The third kappa shape index (κ3) is 3.04. The lowest BCUT2D eigenvalue weighted by Crippen LogP contribution is -2.12. The van der Waals surface area contributed by atoms with Gasteiger partial charge >= 0.3 is 0 Å². The summed E-state index contributed by atoms with van der Waals surface area (Å²) in [5, 5.41) is 1.50. The maximum absolute atomic E-state index is 6.11. The van der Waals surface area contributed by atoms with E-state index in [1.165, 1.54) is 5.56 Å². The number of benzene rings is 2. The molecule has 0 radical (unpaired) electrons. The van der Waals surface area contributed by atoms with Gasteiger partial charge in [0.2, 0.25) is 0 Å². The summed E-state index contributed by atoms with van der Waals surface area (Å²) in [4.78, 5) is 2.08. The molecule has 0 spiro atoms. The zero-order valence-electron chi connectivity index (χ0n) is 10.9. The molecule has 0 heterocycles. The number of nitrogens with zero attached hydrogens (tertiary/aromatic N) is 1. The van der Waals surface area contributed by atoms with E-state index in [-0.39, 0.29) is 0 Å². The van der Waals surface area contributed by atoms with Crippen LogP contribution >= 0.6 is 27.5 Å². The number of hydrogen-bond donors (Lipinski definition) is 0. The highest BCUT2D eigenvalue weighted by Crippen LogP contribution is 2.35. The van der Waals surface area contributed by atoms with Crippen molar-refractivity contribution in [2.45, 2.75) is 5.33 Å². The van der Waals surface area contributed by atoms with Crippen molar-refractivity contribution in [2.75, 3.05) is 19.1 Å². The highest BCUT2D eigenvalue weighted by molar-refractivity contribution is 9.08. The van der Waals surface area contributed by atoms with Crippen LogP contribution in [0.2, 0.25) is 5.02 Å². The zero-order valence-corrected chi connectivity index (χ0v) is 13.2. The van der Waals surface area contributed by atoms with Crippen molar-refractivity contribution >= 4 is 38.9 Å². The second-order valence-electron chi connectivity index (χ2n) is 4.14. The normalized spacial score (nSPS) is 10.3. The summed E-state index contributed by atoms with van der Waals surface area (Å²) in [5.41, 5.74) is 3.25. The number of hydrogen-bond acceptors (Lipinski definition) is 2. The van der Waals surface area contributed by atoms with Gasteiger partial charge in [0.05, 0.1) is 12.8 Å². The standard InChI is InChI=1S/C15H15BrClNO/c1-18(13-5-3-4-6-15(13)19-2)14-9-12(17)8-7-11(14)10-16/h3-9H,10H2,1-2H3. The highest BCUT2D eigenvalue weighted by Gasteiger charge is 2.13. The number of halogens is 2. The number of rotatable bonds is 4. The first-order chi connectivity index (χ1) is 9.17. The van der Waals surface area contributed by atoms with Crippen LogP contribution in [-0.4, -0.2) is 14.2 Å². The van der Waals surface area contributed by atoms with Gasteiger partial charge < -0.3 is 9.64 Å². The van der Waals surface area contributed by atoms with E-state index in [9.17, 15) is 0 Å². The lowest BCUT2D eigenvalue weighted by atomic mass is 10.1. The molecule has 0 atom stereocenters. The van der Waals surface area contributed by atoms with Crippen molar-refractivity contribution in [3.05, 3.63) is 53.1 Å². The van der Waals surface area contributed by atoms with Gasteiger partial charge in [-0.1, -0.05) is 45.7 Å². The van der Waals surface area contributed by atoms with Gasteiger partial charge in [0, 0.05) is 23.1 Å². The van der Waals surface area contributed by atoms with Crippen LogP contribution in [0.4, 0.5) is 11.4 Å². The lowest BCUT2D eigenvalue weighted by Gasteiger charge is -2.24. The Labute approximate surface area is 127 Å². The van der Waals surface area contributed by atoms with Gasteiger partial charge in [-0.05, 0) is 29.8 Å². The largest absolute Gasteiger partial charge is 0.495 e. The molecule has 0 aliphatic rings. The van der Waals surface area contributed by atoms with Crippen LogP contribution < -0.4 is 9.64 Å². The Hall–Kier alpha value is -1.19. The van der Waals surface area contributed by atoms with Crippen molar-refractivity contribution in [3.63, 3.8) is 0 Å². The fourth-order valence-corrected chi connectivity index (χ4v) is 2.64. The molecule has 100 valence electrons. The van der Waals surface area contributed by atoms with Gasteiger partial charge in [-0.2, -0.15) is 0 Å². The first-order valence-electron chi connectivity index (χ1n) is 5.88. The smallest absolute Gasteiger partial charge is 0.142 e. The van der Waals surface area contributed by atoms with Gasteiger partial charge in [0.25, 0.3) is 0 Å². The van der Waals surface area contributed by atoms with Gasteiger partial charge in [-0.3, -0.25) is 0 Å². The van der Waals surface area contributed by atoms with Crippen LogP contribution in [0.25, 0.3) is 0 Å². The van der Waals surface area contributed by atoms with Crippen LogP contribution in [0.15, 0.2) is 42.5 Å². The Morgan fingerprint density at radius 3 is 2.58 bits per heavy atom. The van der Waals surface area contributed by atoms with E-state index in [4.69, 9.17) is 16.3 Å². The Kier molecular flexibility index (Phi) is 4.72. The Bertz CT molecular complexity index is 574. The molecule has 0 amide bonds. The number of ether oxygens (including phenoxy) is 1. The summed E-state index contributed by atoms with van der Waals surface area (Å²) >= 11 is 9.61. The topological polar surface area (TPSA) is 12.5 Å². The molecule has 0 saturated heterocycles. The average molecular weight is 341 g/mol. The van der Waals surface area contributed by atoms with E-state index in [1.807, 2.05) is 49.5 Å². The quantitative estimate of drug-likeness (QED) is 0.725. The minimum absolute atomic E-state index is 0.724.